The van der Waals surface area contributed by atoms with Crippen molar-refractivity contribution >= 4 is 11.6 Å². The number of hydrogen-bond donors (Lipinski definition) is 1. The summed E-state index contributed by atoms with van der Waals surface area (Å²) in [5, 5.41) is 14.8. The van der Waals surface area contributed by atoms with Gasteiger partial charge in [0.05, 0.1) is 5.92 Å². The highest BCUT2D eigenvalue weighted by atomic mass is 16.5. The summed E-state index contributed by atoms with van der Waals surface area (Å²) in [4.78, 5) is 15.5. The van der Waals surface area contributed by atoms with E-state index in [-0.39, 0.29) is 11.8 Å². The van der Waals surface area contributed by atoms with Gasteiger partial charge in [0.2, 0.25) is 0 Å². The molecule has 1 unspecified atom stereocenters. The zero-order chi connectivity index (χ0) is 12.3. The fourth-order valence-corrected chi connectivity index (χ4v) is 1.71. The molecule has 0 radical (unpaired) electrons. The van der Waals surface area contributed by atoms with Crippen molar-refractivity contribution in [2.75, 3.05) is 0 Å². The summed E-state index contributed by atoms with van der Waals surface area (Å²) >= 11 is 0. The molecule has 0 aromatic carbocycles. The summed E-state index contributed by atoms with van der Waals surface area (Å²) in [6, 6.07) is 3.53. The van der Waals surface area contributed by atoms with Gasteiger partial charge in [0, 0.05) is 18.0 Å². The maximum atomic E-state index is 11.6. The van der Waals surface area contributed by atoms with E-state index >= 15 is 0 Å². The molecule has 1 heterocycles. The molecular weight excluding hydrogens is 218 g/mol. The summed E-state index contributed by atoms with van der Waals surface area (Å²) < 4.78 is 0. The number of carbonyl (C=O) groups is 1. The maximum absolute atomic E-state index is 11.6. The van der Waals surface area contributed by atoms with Crippen LogP contribution >= 0.6 is 0 Å². The molecule has 17 heavy (non-hydrogen) atoms. The number of aromatic nitrogens is 1. The van der Waals surface area contributed by atoms with Crippen LogP contribution in [0, 0.1) is 11.1 Å². The van der Waals surface area contributed by atoms with Crippen LogP contribution in [0.5, 0.6) is 0 Å². The highest BCUT2D eigenvalue weighted by molar-refractivity contribution is 5.98. The van der Waals surface area contributed by atoms with E-state index in [1.54, 1.807) is 31.5 Å². The molecule has 0 saturated heterocycles. The fourth-order valence-electron chi connectivity index (χ4n) is 1.71. The Balaban J connectivity index is 2.05. The number of nitrogens with one attached hydrogen (secondary N) is 1. The molecule has 1 atom stereocenters. The second kappa shape index (κ2) is 5.16. The SMILES string of the molecule is CC(=N[NH+]([O-])C(=O)C1CCC1)c1ccncc1. The number of rotatable bonds is 3. The number of pyridine rings is 1. The largest absolute Gasteiger partial charge is 0.599 e. The van der Waals surface area contributed by atoms with Gasteiger partial charge in [0.15, 0.2) is 0 Å². The zero-order valence-electron chi connectivity index (χ0n) is 9.72. The van der Waals surface area contributed by atoms with Crippen LogP contribution in [0.25, 0.3) is 0 Å². The van der Waals surface area contributed by atoms with E-state index in [2.05, 4.69) is 10.1 Å². The standard InChI is InChI=1S/C12H15N3O2/c1-9(10-5-7-13-8-6-10)14-15(17)12(16)11-3-2-4-11/h5-8,11,15H,2-4H2,1H3. The van der Waals surface area contributed by atoms with E-state index < -0.39 is 5.17 Å². The van der Waals surface area contributed by atoms with Gasteiger partial charge in [-0.2, -0.15) is 5.17 Å². The molecule has 5 heteroatoms. The Morgan fingerprint density at radius 1 is 1.47 bits per heavy atom. The zero-order valence-corrected chi connectivity index (χ0v) is 9.72. The normalized spacial score (nSPS) is 18.6. The van der Waals surface area contributed by atoms with Crippen LogP contribution in [0.15, 0.2) is 29.6 Å². The van der Waals surface area contributed by atoms with Gasteiger partial charge in [-0.1, -0.05) is 11.5 Å². The number of hydroxylamine groups is 1. The van der Waals surface area contributed by atoms with E-state index in [9.17, 15) is 10.0 Å². The summed E-state index contributed by atoms with van der Waals surface area (Å²) in [5.41, 5.74) is 1.37. The number of carbonyl (C=O) groups excluding carboxylic acids is 1. The first-order valence-corrected chi connectivity index (χ1v) is 5.72. The summed E-state index contributed by atoms with van der Waals surface area (Å²) in [7, 11) is 0. The molecule has 2 rings (SSSR count). The van der Waals surface area contributed by atoms with Crippen molar-refractivity contribution in [3.63, 3.8) is 0 Å². The van der Waals surface area contributed by atoms with Gasteiger partial charge in [-0.3, -0.25) is 4.98 Å². The highest BCUT2D eigenvalue weighted by Gasteiger charge is 2.30. The minimum absolute atomic E-state index is 0.0866. The van der Waals surface area contributed by atoms with E-state index in [1.807, 2.05) is 0 Å². The quantitative estimate of drug-likeness (QED) is 0.611. The van der Waals surface area contributed by atoms with Crippen LogP contribution in [0.4, 0.5) is 0 Å². The number of amides is 1. The lowest BCUT2D eigenvalue weighted by atomic mass is 9.85. The van der Waals surface area contributed by atoms with Crippen molar-refractivity contribution in [1.29, 1.82) is 0 Å². The Hall–Kier alpha value is -1.59. The molecule has 1 aromatic rings. The molecule has 1 aliphatic carbocycles. The van der Waals surface area contributed by atoms with Crippen molar-refractivity contribution in [2.24, 2.45) is 11.0 Å². The molecule has 1 aromatic heterocycles. The number of nitrogens with zero attached hydrogens (tertiary/aromatic N) is 2. The predicted molar refractivity (Wildman–Crippen MR) is 63.1 cm³/mol. The summed E-state index contributed by atoms with van der Waals surface area (Å²) in [5.74, 6) is -0.429. The minimum Gasteiger partial charge on any atom is -0.599 e. The first-order valence-electron chi connectivity index (χ1n) is 5.72. The maximum Gasteiger partial charge on any atom is 0.341 e. The molecule has 0 bridgehead atoms. The van der Waals surface area contributed by atoms with Gasteiger partial charge in [-0.25, -0.2) is 4.79 Å². The van der Waals surface area contributed by atoms with Crippen molar-refractivity contribution in [3.05, 3.63) is 35.3 Å². The molecule has 1 fully saturated rings. The Bertz CT molecular complexity index is 427. The lowest BCUT2D eigenvalue weighted by molar-refractivity contribution is -0.774. The molecule has 1 N–H and O–H groups in total. The number of quaternary nitrogens is 1. The van der Waals surface area contributed by atoms with Crippen LogP contribution in [0.1, 0.15) is 31.7 Å². The third kappa shape index (κ3) is 2.75. The summed E-state index contributed by atoms with van der Waals surface area (Å²) in [6.07, 6.45) is 5.96. The Labute approximate surface area is 99.7 Å². The first kappa shape index (κ1) is 11.9. The first-order chi connectivity index (χ1) is 8.18. The van der Waals surface area contributed by atoms with Gasteiger partial charge >= 0.3 is 5.91 Å². The van der Waals surface area contributed by atoms with Crippen LogP contribution in [-0.4, -0.2) is 16.6 Å². The van der Waals surface area contributed by atoms with Crippen molar-refractivity contribution in [3.8, 4) is 0 Å². The molecule has 90 valence electrons. The van der Waals surface area contributed by atoms with Gasteiger partial charge in [0.25, 0.3) is 0 Å². The van der Waals surface area contributed by atoms with Crippen molar-refractivity contribution < 1.29 is 9.97 Å². The van der Waals surface area contributed by atoms with E-state index in [0.717, 1.165) is 24.8 Å². The van der Waals surface area contributed by atoms with Crippen LogP contribution in [-0.2, 0) is 4.79 Å². The van der Waals surface area contributed by atoms with E-state index in [1.165, 1.54) is 0 Å². The monoisotopic (exact) mass is 233 g/mol. The van der Waals surface area contributed by atoms with Gasteiger partial charge in [-0.05, 0) is 31.9 Å². The van der Waals surface area contributed by atoms with Gasteiger partial charge in [-0.15, -0.1) is 0 Å². The fraction of sp³-hybridized carbons (Fsp3) is 0.417. The topological polar surface area (TPSA) is 69.8 Å². The average molecular weight is 233 g/mol. The smallest absolute Gasteiger partial charge is 0.341 e. The second-order valence-electron chi connectivity index (χ2n) is 4.23. The van der Waals surface area contributed by atoms with Crippen LogP contribution in [0.3, 0.4) is 0 Å². The molecule has 5 nitrogen and oxygen atoms in total. The minimum atomic E-state index is -0.621. The van der Waals surface area contributed by atoms with Crippen LogP contribution in [0.2, 0.25) is 0 Å². The molecule has 1 amide bonds. The lowest BCUT2D eigenvalue weighted by Gasteiger charge is -2.25. The number of hydrogen-bond acceptors (Lipinski definition) is 4. The van der Waals surface area contributed by atoms with E-state index in [0.29, 0.717) is 5.71 Å². The molecular formula is C12H15N3O2. The molecule has 1 aliphatic rings. The lowest BCUT2D eigenvalue weighted by Crippen LogP contribution is -3.06. The average Bonchev–Trinajstić information content (AvgIpc) is 2.27. The second-order valence-corrected chi connectivity index (χ2v) is 4.23. The summed E-state index contributed by atoms with van der Waals surface area (Å²) in [6.45, 7) is 1.72. The van der Waals surface area contributed by atoms with Crippen molar-refractivity contribution in [2.45, 2.75) is 26.2 Å². The van der Waals surface area contributed by atoms with Crippen LogP contribution < -0.4 is 5.17 Å². The Morgan fingerprint density at radius 2 is 2.12 bits per heavy atom. The third-order valence-electron chi connectivity index (χ3n) is 3.05. The molecule has 0 spiro atoms. The van der Waals surface area contributed by atoms with Gasteiger partial charge < -0.3 is 5.21 Å². The Morgan fingerprint density at radius 3 is 2.65 bits per heavy atom. The Kier molecular flexibility index (Phi) is 3.61. The predicted octanol–water partition coefficient (Wildman–Crippen LogP) is 0.515. The molecule has 1 saturated carbocycles. The van der Waals surface area contributed by atoms with Crippen molar-refractivity contribution in [1.82, 2.24) is 4.98 Å². The highest BCUT2D eigenvalue weighted by Crippen LogP contribution is 2.25. The van der Waals surface area contributed by atoms with Gasteiger partial charge in [0.1, 0.15) is 5.71 Å². The third-order valence-corrected chi connectivity index (χ3v) is 3.05. The molecule has 0 aliphatic heterocycles. The van der Waals surface area contributed by atoms with E-state index in [4.69, 9.17) is 0 Å².